The molecule has 0 amide bonds. The lowest BCUT2D eigenvalue weighted by Crippen LogP contribution is -2.37. The number of oxime groups is 1. The molecule has 4 N–H and O–H groups in total. The number of rotatable bonds is 1. The maximum Gasteiger partial charge on any atom is 0.143 e. The van der Waals surface area contributed by atoms with Crippen LogP contribution in [0, 0.1) is 5.92 Å². The van der Waals surface area contributed by atoms with Gasteiger partial charge < -0.3 is 16.3 Å². The minimum absolute atomic E-state index is 0.235. The van der Waals surface area contributed by atoms with Crippen LogP contribution in [-0.4, -0.2) is 24.1 Å². The van der Waals surface area contributed by atoms with Gasteiger partial charge >= 0.3 is 0 Å². The van der Waals surface area contributed by atoms with E-state index in [1.807, 2.05) is 0 Å². The molecule has 1 rings (SSSR count). The summed E-state index contributed by atoms with van der Waals surface area (Å²) in [7, 11) is 0. The SMILES string of the molecule is N/C(=N\O)C1CCCNC1. The van der Waals surface area contributed by atoms with Crippen LogP contribution >= 0.6 is 0 Å². The molecule has 1 heterocycles. The quantitative estimate of drug-likeness (QED) is 0.205. The third-order valence-electron chi connectivity index (χ3n) is 1.83. The lowest BCUT2D eigenvalue weighted by Gasteiger charge is -2.20. The molecule has 0 aliphatic carbocycles. The van der Waals surface area contributed by atoms with E-state index in [-0.39, 0.29) is 5.92 Å². The topological polar surface area (TPSA) is 70.6 Å². The van der Waals surface area contributed by atoms with Crippen molar-refractivity contribution in [2.45, 2.75) is 12.8 Å². The van der Waals surface area contributed by atoms with Crippen molar-refractivity contribution in [3.63, 3.8) is 0 Å². The number of hydrogen-bond donors (Lipinski definition) is 3. The van der Waals surface area contributed by atoms with Crippen LogP contribution in [-0.2, 0) is 0 Å². The number of nitrogens with two attached hydrogens (primary N) is 1. The first-order chi connectivity index (χ1) is 4.84. The smallest absolute Gasteiger partial charge is 0.143 e. The summed E-state index contributed by atoms with van der Waals surface area (Å²) in [4.78, 5) is 0. The second-order valence-electron chi connectivity index (χ2n) is 2.57. The molecule has 1 aliphatic rings. The fourth-order valence-electron chi connectivity index (χ4n) is 1.19. The maximum atomic E-state index is 8.32. The second-order valence-corrected chi connectivity index (χ2v) is 2.57. The average Bonchev–Trinajstić information content (AvgIpc) is 2.05. The predicted molar refractivity (Wildman–Crippen MR) is 39.0 cm³/mol. The van der Waals surface area contributed by atoms with E-state index in [4.69, 9.17) is 10.9 Å². The van der Waals surface area contributed by atoms with Gasteiger partial charge in [-0.1, -0.05) is 5.16 Å². The number of amidine groups is 1. The van der Waals surface area contributed by atoms with Gasteiger partial charge in [-0.05, 0) is 19.4 Å². The van der Waals surface area contributed by atoms with Crippen LogP contribution in [0.4, 0.5) is 0 Å². The molecule has 0 aromatic rings. The maximum absolute atomic E-state index is 8.32. The average molecular weight is 143 g/mol. The van der Waals surface area contributed by atoms with Gasteiger partial charge in [-0.15, -0.1) is 0 Å². The van der Waals surface area contributed by atoms with E-state index in [0.717, 1.165) is 25.9 Å². The third-order valence-corrected chi connectivity index (χ3v) is 1.83. The zero-order valence-electron chi connectivity index (χ0n) is 5.88. The molecule has 0 spiro atoms. The van der Waals surface area contributed by atoms with Crippen molar-refractivity contribution in [3.8, 4) is 0 Å². The van der Waals surface area contributed by atoms with Crippen LogP contribution in [0.5, 0.6) is 0 Å². The van der Waals surface area contributed by atoms with Crippen LogP contribution in [0.3, 0.4) is 0 Å². The minimum Gasteiger partial charge on any atom is -0.409 e. The molecule has 10 heavy (non-hydrogen) atoms. The van der Waals surface area contributed by atoms with Crippen LogP contribution < -0.4 is 11.1 Å². The summed E-state index contributed by atoms with van der Waals surface area (Å²) in [6, 6.07) is 0. The van der Waals surface area contributed by atoms with Gasteiger partial charge in [-0.2, -0.15) is 0 Å². The summed E-state index contributed by atoms with van der Waals surface area (Å²) in [5.41, 5.74) is 5.41. The van der Waals surface area contributed by atoms with Crippen molar-refractivity contribution in [2.24, 2.45) is 16.8 Å². The Morgan fingerprint density at radius 3 is 3.00 bits per heavy atom. The molecule has 0 saturated carbocycles. The molecule has 1 fully saturated rings. The molecule has 1 unspecified atom stereocenters. The normalized spacial score (nSPS) is 28.4. The van der Waals surface area contributed by atoms with Crippen molar-refractivity contribution in [3.05, 3.63) is 0 Å². The Balaban J connectivity index is 2.39. The highest BCUT2D eigenvalue weighted by Gasteiger charge is 2.16. The zero-order valence-corrected chi connectivity index (χ0v) is 5.88. The lowest BCUT2D eigenvalue weighted by atomic mass is 9.99. The number of nitrogens with zero attached hydrogens (tertiary/aromatic N) is 1. The summed E-state index contributed by atoms with van der Waals surface area (Å²) in [5.74, 6) is 0.589. The van der Waals surface area contributed by atoms with Crippen molar-refractivity contribution in [2.75, 3.05) is 13.1 Å². The van der Waals surface area contributed by atoms with E-state index < -0.39 is 0 Å². The van der Waals surface area contributed by atoms with Gasteiger partial charge in [0, 0.05) is 12.5 Å². The van der Waals surface area contributed by atoms with Crippen molar-refractivity contribution < 1.29 is 5.21 Å². The van der Waals surface area contributed by atoms with Crippen LogP contribution in [0.25, 0.3) is 0 Å². The minimum atomic E-state index is 0.235. The summed E-state index contributed by atoms with van der Waals surface area (Å²) in [6.45, 7) is 1.89. The van der Waals surface area contributed by atoms with Crippen molar-refractivity contribution >= 4 is 5.84 Å². The third kappa shape index (κ3) is 1.60. The van der Waals surface area contributed by atoms with Gasteiger partial charge in [0.15, 0.2) is 0 Å². The van der Waals surface area contributed by atoms with Crippen LogP contribution in [0.1, 0.15) is 12.8 Å². The van der Waals surface area contributed by atoms with Gasteiger partial charge in [-0.25, -0.2) is 0 Å². The Morgan fingerprint density at radius 1 is 1.70 bits per heavy atom. The van der Waals surface area contributed by atoms with E-state index in [1.165, 1.54) is 0 Å². The molecule has 1 saturated heterocycles. The van der Waals surface area contributed by atoms with Gasteiger partial charge in [0.2, 0.25) is 0 Å². The first-order valence-electron chi connectivity index (χ1n) is 3.52. The first kappa shape index (κ1) is 7.34. The monoisotopic (exact) mass is 143 g/mol. The molecule has 58 valence electrons. The van der Waals surface area contributed by atoms with Crippen LogP contribution in [0.15, 0.2) is 5.16 Å². The molecular formula is C6H13N3O. The molecule has 0 aromatic heterocycles. The highest BCUT2D eigenvalue weighted by molar-refractivity contribution is 5.82. The van der Waals surface area contributed by atoms with Crippen molar-refractivity contribution in [1.82, 2.24) is 5.32 Å². The Bertz CT molecular complexity index is 129. The molecule has 1 atom stereocenters. The Hall–Kier alpha value is -0.770. The summed E-state index contributed by atoms with van der Waals surface area (Å²) in [5, 5.41) is 14.5. The molecule has 0 aromatic carbocycles. The van der Waals surface area contributed by atoms with Gasteiger partial charge in [0.05, 0.1) is 0 Å². The molecule has 4 heteroatoms. The Morgan fingerprint density at radius 2 is 2.50 bits per heavy atom. The number of hydrogen-bond acceptors (Lipinski definition) is 3. The van der Waals surface area contributed by atoms with E-state index in [1.54, 1.807) is 0 Å². The highest BCUT2D eigenvalue weighted by atomic mass is 16.4. The molecule has 0 radical (unpaired) electrons. The molecule has 1 aliphatic heterocycles. The van der Waals surface area contributed by atoms with Crippen molar-refractivity contribution in [1.29, 1.82) is 0 Å². The summed E-state index contributed by atoms with van der Waals surface area (Å²) in [6.07, 6.45) is 2.14. The van der Waals surface area contributed by atoms with E-state index in [9.17, 15) is 0 Å². The predicted octanol–water partition coefficient (Wildman–Crippen LogP) is -0.268. The van der Waals surface area contributed by atoms with E-state index in [2.05, 4.69) is 10.5 Å². The molecular weight excluding hydrogens is 130 g/mol. The van der Waals surface area contributed by atoms with Gasteiger partial charge in [0.1, 0.15) is 5.84 Å². The fraction of sp³-hybridized carbons (Fsp3) is 0.833. The van der Waals surface area contributed by atoms with Gasteiger partial charge in [-0.3, -0.25) is 0 Å². The van der Waals surface area contributed by atoms with Crippen LogP contribution in [0.2, 0.25) is 0 Å². The van der Waals surface area contributed by atoms with E-state index >= 15 is 0 Å². The fourth-order valence-corrected chi connectivity index (χ4v) is 1.19. The number of piperidine rings is 1. The van der Waals surface area contributed by atoms with Gasteiger partial charge in [0.25, 0.3) is 0 Å². The number of nitrogens with one attached hydrogen (secondary N) is 1. The Labute approximate surface area is 60.1 Å². The summed E-state index contributed by atoms with van der Waals surface area (Å²) >= 11 is 0. The zero-order chi connectivity index (χ0) is 7.40. The standard InChI is InChI=1S/C6H13N3O/c7-6(9-10)5-2-1-3-8-4-5/h5,8,10H,1-4H2,(H2,7,9). The molecule has 4 nitrogen and oxygen atoms in total. The first-order valence-corrected chi connectivity index (χ1v) is 3.52. The highest BCUT2D eigenvalue weighted by Crippen LogP contribution is 2.08. The second kappa shape index (κ2) is 3.41. The Kier molecular flexibility index (Phi) is 2.50. The summed E-state index contributed by atoms with van der Waals surface area (Å²) < 4.78 is 0. The molecule has 0 bridgehead atoms. The largest absolute Gasteiger partial charge is 0.409 e. The van der Waals surface area contributed by atoms with E-state index in [0.29, 0.717) is 5.84 Å². The lowest BCUT2D eigenvalue weighted by molar-refractivity contribution is 0.310.